The number of nitrogens with zero attached hydrogens (tertiary/aromatic N) is 2. The quantitative estimate of drug-likeness (QED) is 0.667. The van der Waals surface area contributed by atoms with Crippen LogP contribution in [-0.2, 0) is 15.9 Å². The molecule has 5 nitrogen and oxygen atoms in total. The smallest absolute Gasteiger partial charge is 0.399 e. The molecule has 0 radical (unpaired) electrons. The molecule has 148 valence electrons. The van der Waals surface area contributed by atoms with E-state index < -0.39 is 18.3 Å². The molecule has 0 atom stereocenters. The second-order valence-corrected chi connectivity index (χ2v) is 9.39. The van der Waals surface area contributed by atoms with Crippen LogP contribution >= 0.6 is 11.3 Å². The first kappa shape index (κ1) is 20.1. The molecule has 3 aromatic rings. The summed E-state index contributed by atoms with van der Waals surface area (Å²) in [4.78, 5) is 4.76. The van der Waals surface area contributed by atoms with Gasteiger partial charge < -0.3 is 14.4 Å². The van der Waals surface area contributed by atoms with Crippen molar-refractivity contribution in [3.05, 3.63) is 47.0 Å². The largest absolute Gasteiger partial charge is 0.495 e. The molecule has 0 saturated carbocycles. The Labute approximate surface area is 175 Å². The zero-order chi connectivity index (χ0) is 21.0. The van der Waals surface area contributed by atoms with Crippen LogP contribution in [-0.4, -0.2) is 28.4 Å². The fraction of sp³-hybridized carbons (Fsp3) is 0.364. The highest BCUT2D eigenvalue weighted by atomic mass is 32.1. The lowest BCUT2D eigenvalue weighted by Gasteiger charge is -2.32. The van der Waals surface area contributed by atoms with Crippen molar-refractivity contribution in [2.75, 3.05) is 0 Å². The van der Waals surface area contributed by atoms with Gasteiger partial charge in [-0.3, -0.25) is 0 Å². The normalized spacial score (nSPS) is 17.6. The Morgan fingerprint density at radius 1 is 1.17 bits per heavy atom. The molecule has 0 unspecified atom stereocenters. The molecule has 1 aromatic heterocycles. The maximum Gasteiger partial charge on any atom is 0.495 e. The van der Waals surface area contributed by atoms with Crippen molar-refractivity contribution in [1.29, 1.82) is 5.26 Å². The number of benzene rings is 2. The summed E-state index contributed by atoms with van der Waals surface area (Å²) in [6, 6.07) is 11.8. The molecule has 7 heteroatoms. The molecule has 1 fully saturated rings. The number of aromatic nitrogens is 1. The van der Waals surface area contributed by atoms with Crippen molar-refractivity contribution in [2.24, 2.45) is 0 Å². The van der Waals surface area contributed by atoms with Gasteiger partial charge in [-0.1, -0.05) is 18.2 Å². The van der Waals surface area contributed by atoms with Crippen LogP contribution < -0.4 is 5.46 Å². The van der Waals surface area contributed by atoms with Gasteiger partial charge in [-0.25, -0.2) is 4.98 Å². The standard InChI is InChI=1S/C22H23BN2O3S/c1-13-16(7-6-8-17(13)23-27-21(2,3)22(4,5)28-23)20-25-18-10-14(12-26)9-15(11-24)19(18)29-20/h6-10,26H,12H2,1-5H3. The molecule has 1 saturated heterocycles. The highest BCUT2D eigenvalue weighted by Gasteiger charge is 2.52. The Morgan fingerprint density at radius 2 is 1.86 bits per heavy atom. The topological polar surface area (TPSA) is 75.4 Å². The first-order chi connectivity index (χ1) is 13.7. The number of fused-ring (bicyclic) bond motifs is 1. The van der Waals surface area contributed by atoms with Gasteiger partial charge in [0.25, 0.3) is 0 Å². The molecule has 1 aliphatic rings. The maximum absolute atomic E-state index is 9.49. The van der Waals surface area contributed by atoms with Crippen LogP contribution in [0, 0.1) is 18.3 Å². The predicted molar refractivity (Wildman–Crippen MR) is 116 cm³/mol. The summed E-state index contributed by atoms with van der Waals surface area (Å²) in [5, 5.41) is 19.8. The molecule has 0 amide bonds. The van der Waals surface area contributed by atoms with Crippen molar-refractivity contribution >= 4 is 34.1 Å². The summed E-state index contributed by atoms with van der Waals surface area (Å²) in [6.45, 7) is 10.1. The Morgan fingerprint density at radius 3 is 2.48 bits per heavy atom. The van der Waals surface area contributed by atoms with E-state index in [0.717, 1.165) is 31.8 Å². The van der Waals surface area contributed by atoms with Crippen LogP contribution in [0.1, 0.15) is 44.4 Å². The first-order valence-corrected chi connectivity index (χ1v) is 10.4. The summed E-state index contributed by atoms with van der Waals surface area (Å²) in [5.74, 6) is 0. The first-order valence-electron chi connectivity index (χ1n) is 9.57. The highest BCUT2D eigenvalue weighted by molar-refractivity contribution is 7.22. The third-order valence-electron chi connectivity index (χ3n) is 5.97. The Balaban J connectivity index is 1.80. The van der Waals surface area contributed by atoms with Crippen molar-refractivity contribution in [3.63, 3.8) is 0 Å². The van der Waals surface area contributed by atoms with Crippen LogP contribution in [0.15, 0.2) is 30.3 Å². The number of aliphatic hydroxyl groups excluding tert-OH is 1. The molecule has 2 aromatic carbocycles. The van der Waals surface area contributed by atoms with Crippen molar-refractivity contribution in [3.8, 4) is 16.6 Å². The zero-order valence-corrected chi connectivity index (χ0v) is 18.1. The van der Waals surface area contributed by atoms with E-state index in [1.165, 1.54) is 11.3 Å². The van der Waals surface area contributed by atoms with Gasteiger partial charge in [0.05, 0.1) is 33.6 Å². The molecule has 4 rings (SSSR count). The molecule has 1 aliphatic heterocycles. The summed E-state index contributed by atoms with van der Waals surface area (Å²) in [5.41, 5.74) is 4.17. The van der Waals surface area contributed by atoms with Crippen molar-refractivity contribution in [2.45, 2.75) is 52.4 Å². The van der Waals surface area contributed by atoms with Crippen LogP contribution in [0.4, 0.5) is 0 Å². The molecular formula is C22H23BN2O3S. The molecule has 29 heavy (non-hydrogen) atoms. The maximum atomic E-state index is 9.49. The van der Waals surface area contributed by atoms with Crippen LogP contribution in [0.25, 0.3) is 20.8 Å². The monoisotopic (exact) mass is 406 g/mol. The van der Waals surface area contributed by atoms with Gasteiger partial charge in [0.1, 0.15) is 11.1 Å². The van der Waals surface area contributed by atoms with Gasteiger partial charge >= 0.3 is 7.12 Å². The number of nitriles is 1. The van der Waals surface area contributed by atoms with Gasteiger partial charge in [-0.05, 0) is 63.3 Å². The minimum absolute atomic E-state index is 0.117. The summed E-state index contributed by atoms with van der Waals surface area (Å²) in [6.07, 6.45) is 0. The molecular weight excluding hydrogens is 383 g/mol. The number of hydrogen-bond donors (Lipinski definition) is 1. The number of thiazole rings is 1. The lowest BCUT2D eigenvalue weighted by molar-refractivity contribution is 0.00578. The van der Waals surface area contributed by atoms with Crippen LogP contribution in [0.2, 0.25) is 0 Å². The van der Waals surface area contributed by atoms with Gasteiger partial charge in [0.2, 0.25) is 0 Å². The van der Waals surface area contributed by atoms with Crippen LogP contribution in [0.5, 0.6) is 0 Å². The second kappa shape index (κ2) is 6.93. The molecule has 2 heterocycles. The summed E-state index contributed by atoms with van der Waals surface area (Å²) in [7, 11) is -0.440. The lowest BCUT2D eigenvalue weighted by Crippen LogP contribution is -2.41. The Bertz CT molecular complexity index is 1130. The predicted octanol–water partition coefficient (Wildman–Crippen LogP) is 3.93. The molecule has 0 aliphatic carbocycles. The van der Waals surface area contributed by atoms with E-state index in [0.29, 0.717) is 11.1 Å². The number of rotatable bonds is 3. The average Bonchev–Trinajstić information content (AvgIpc) is 3.18. The van der Waals surface area contributed by atoms with E-state index in [4.69, 9.17) is 14.3 Å². The summed E-state index contributed by atoms with van der Waals surface area (Å²) < 4.78 is 13.3. The third kappa shape index (κ3) is 3.26. The highest BCUT2D eigenvalue weighted by Crippen LogP contribution is 2.38. The number of aliphatic hydroxyl groups is 1. The summed E-state index contributed by atoms with van der Waals surface area (Å²) >= 11 is 1.49. The van der Waals surface area contributed by atoms with E-state index in [1.807, 2.05) is 58.9 Å². The Kier molecular flexibility index (Phi) is 4.79. The molecule has 0 spiro atoms. The lowest BCUT2D eigenvalue weighted by atomic mass is 9.75. The number of hydrogen-bond acceptors (Lipinski definition) is 6. The van der Waals surface area contributed by atoms with Gasteiger partial charge in [0, 0.05) is 5.56 Å². The fourth-order valence-electron chi connectivity index (χ4n) is 3.49. The second-order valence-electron chi connectivity index (χ2n) is 8.39. The average molecular weight is 406 g/mol. The van der Waals surface area contributed by atoms with Crippen molar-refractivity contribution < 1.29 is 14.4 Å². The van der Waals surface area contributed by atoms with E-state index in [1.54, 1.807) is 6.07 Å². The molecule has 1 N–H and O–H groups in total. The fourth-order valence-corrected chi connectivity index (χ4v) is 4.58. The van der Waals surface area contributed by atoms with Gasteiger partial charge in [-0.15, -0.1) is 11.3 Å². The van der Waals surface area contributed by atoms with Crippen molar-refractivity contribution in [1.82, 2.24) is 4.98 Å². The van der Waals surface area contributed by atoms with Gasteiger partial charge in [0.15, 0.2) is 0 Å². The van der Waals surface area contributed by atoms with E-state index in [-0.39, 0.29) is 6.61 Å². The van der Waals surface area contributed by atoms with E-state index in [9.17, 15) is 10.4 Å². The van der Waals surface area contributed by atoms with E-state index >= 15 is 0 Å². The third-order valence-corrected chi connectivity index (χ3v) is 7.10. The minimum Gasteiger partial charge on any atom is -0.399 e. The zero-order valence-electron chi connectivity index (χ0n) is 17.2. The molecule has 0 bridgehead atoms. The Hall–Kier alpha value is -2.24. The van der Waals surface area contributed by atoms with E-state index in [2.05, 4.69) is 6.07 Å². The van der Waals surface area contributed by atoms with Crippen LogP contribution in [0.3, 0.4) is 0 Å². The minimum atomic E-state index is -0.440. The van der Waals surface area contributed by atoms with Gasteiger partial charge in [-0.2, -0.15) is 5.26 Å². The SMILES string of the molecule is Cc1c(B2OC(C)(C)C(C)(C)O2)cccc1-c1nc2cc(CO)cc(C#N)c2s1.